The van der Waals surface area contributed by atoms with Gasteiger partial charge in [0, 0.05) is 19.3 Å². The van der Waals surface area contributed by atoms with Crippen LogP contribution >= 0.6 is 11.8 Å². The van der Waals surface area contributed by atoms with Crippen molar-refractivity contribution in [2.45, 2.75) is 19.8 Å². The Balaban J connectivity index is 1.82. The van der Waals surface area contributed by atoms with E-state index in [9.17, 15) is 9.59 Å². The molecule has 0 saturated carbocycles. The average molecular weight is 304 g/mol. The molecule has 110 valence electrons. The van der Waals surface area contributed by atoms with Crippen molar-refractivity contribution in [2.75, 3.05) is 18.0 Å². The first kappa shape index (κ1) is 14.1. The SMILES string of the molecule is CC1CCCN(c2nccc(/C=C3/SC(=O)NC3=O)n2)C1. The van der Waals surface area contributed by atoms with E-state index >= 15 is 0 Å². The number of anilines is 1. The Labute approximate surface area is 127 Å². The van der Waals surface area contributed by atoms with Gasteiger partial charge in [0.15, 0.2) is 0 Å². The van der Waals surface area contributed by atoms with Crippen molar-refractivity contribution in [3.05, 3.63) is 22.9 Å². The number of aromatic nitrogens is 2. The molecule has 1 N–H and O–H groups in total. The van der Waals surface area contributed by atoms with Gasteiger partial charge in [0.1, 0.15) is 0 Å². The highest BCUT2D eigenvalue weighted by Gasteiger charge is 2.25. The number of hydrogen-bond acceptors (Lipinski definition) is 6. The van der Waals surface area contributed by atoms with Crippen molar-refractivity contribution in [1.29, 1.82) is 0 Å². The number of carbonyl (C=O) groups is 2. The van der Waals surface area contributed by atoms with Crippen LogP contribution in [0.5, 0.6) is 0 Å². The van der Waals surface area contributed by atoms with Gasteiger partial charge in [-0.1, -0.05) is 6.92 Å². The van der Waals surface area contributed by atoms with Crippen LogP contribution < -0.4 is 10.2 Å². The van der Waals surface area contributed by atoms with Crippen molar-refractivity contribution < 1.29 is 9.59 Å². The molecule has 2 aliphatic heterocycles. The zero-order valence-electron chi connectivity index (χ0n) is 11.7. The Hall–Kier alpha value is -1.89. The molecule has 21 heavy (non-hydrogen) atoms. The second-order valence-corrected chi connectivity index (χ2v) is 6.34. The number of carbonyl (C=O) groups excluding carboxylic acids is 2. The zero-order chi connectivity index (χ0) is 14.8. The third kappa shape index (κ3) is 3.24. The van der Waals surface area contributed by atoms with Gasteiger partial charge in [-0.3, -0.25) is 14.9 Å². The topological polar surface area (TPSA) is 75.2 Å². The molecule has 0 aliphatic carbocycles. The number of amides is 2. The van der Waals surface area contributed by atoms with Crippen molar-refractivity contribution in [3.8, 4) is 0 Å². The maximum Gasteiger partial charge on any atom is 0.290 e. The molecule has 0 radical (unpaired) electrons. The number of piperidine rings is 1. The van der Waals surface area contributed by atoms with Crippen LogP contribution in [-0.2, 0) is 4.79 Å². The Kier molecular flexibility index (Phi) is 3.92. The number of nitrogens with one attached hydrogen (secondary N) is 1. The maximum atomic E-state index is 11.5. The number of imide groups is 1. The fourth-order valence-electron chi connectivity index (χ4n) is 2.52. The van der Waals surface area contributed by atoms with Crippen molar-refractivity contribution in [2.24, 2.45) is 5.92 Å². The largest absolute Gasteiger partial charge is 0.341 e. The molecular formula is C14H16N4O2S. The molecule has 2 amide bonds. The number of nitrogens with zero attached hydrogens (tertiary/aromatic N) is 3. The van der Waals surface area contributed by atoms with Crippen LogP contribution in [0.25, 0.3) is 6.08 Å². The molecule has 1 aromatic heterocycles. The number of hydrogen-bond donors (Lipinski definition) is 1. The molecule has 3 rings (SSSR count). The summed E-state index contributed by atoms with van der Waals surface area (Å²) in [6.07, 6.45) is 5.69. The molecule has 0 bridgehead atoms. The normalized spacial score (nSPS) is 24.5. The van der Waals surface area contributed by atoms with E-state index in [1.165, 1.54) is 6.42 Å². The van der Waals surface area contributed by atoms with Crippen LogP contribution in [0.15, 0.2) is 17.2 Å². The molecule has 0 aromatic carbocycles. The standard InChI is InChI=1S/C14H16N4O2S/c1-9-3-2-6-18(8-9)13-15-5-4-10(16-13)7-11-12(19)17-14(20)21-11/h4-5,7,9H,2-3,6,8H2,1H3,(H,17,19,20)/b11-7+. The summed E-state index contributed by atoms with van der Waals surface area (Å²) in [6, 6.07) is 1.74. The van der Waals surface area contributed by atoms with Crippen LogP contribution in [0.1, 0.15) is 25.5 Å². The summed E-state index contributed by atoms with van der Waals surface area (Å²) in [5.41, 5.74) is 0.644. The minimum atomic E-state index is -0.364. The molecule has 1 atom stereocenters. The smallest absolute Gasteiger partial charge is 0.290 e. The predicted molar refractivity (Wildman–Crippen MR) is 81.7 cm³/mol. The van der Waals surface area contributed by atoms with Crippen LogP contribution in [0.3, 0.4) is 0 Å². The summed E-state index contributed by atoms with van der Waals surface area (Å²) < 4.78 is 0. The number of rotatable bonds is 2. The van der Waals surface area contributed by atoms with Gasteiger partial charge >= 0.3 is 0 Å². The molecular weight excluding hydrogens is 288 g/mol. The number of thioether (sulfide) groups is 1. The fraction of sp³-hybridized carbons (Fsp3) is 0.429. The van der Waals surface area contributed by atoms with E-state index < -0.39 is 0 Å². The van der Waals surface area contributed by atoms with Crippen LogP contribution in [0.2, 0.25) is 0 Å². The van der Waals surface area contributed by atoms with Crippen molar-refractivity contribution in [1.82, 2.24) is 15.3 Å². The predicted octanol–water partition coefficient (Wildman–Crippen LogP) is 2.04. The molecule has 0 spiro atoms. The van der Waals surface area contributed by atoms with E-state index in [1.807, 2.05) is 0 Å². The summed E-state index contributed by atoms with van der Waals surface area (Å²) in [7, 11) is 0. The van der Waals surface area contributed by atoms with Gasteiger partial charge in [-0.05, 0) is 42.7 Å². The van der Waals surface area contributed by atoms with Crippen LogP contribution in [-0.4, -0.2) is 34.2 Å². The first-order chi connectivity index (χ1) is 10.1. The highest BCUT2D eigenvalue weighted by molar-refractivity contribution is 8.18. The van der Waals surface area contributed by atoms with Crippen molar-refractivity contribution in [3.63, 3.8) is 0 Å². The molecule has 6 nitrogen and oxygen atoms in total. The summed E-state index contributed by atoms with van der Waals surface area (Å²) >= 11 is 0.898. The third-order valence-electron chi connectivity index (χ3n) is 3.53. The molecule has 1 unspecified atom stereocenters. The molecule has 2 saturated heterocycles. The summed E-state index contributed by atoms with van der Waals surface area (Å²) in [6.45, 7) is 4.13. The Bertz CT molecular complexity index is 617. The minimum absolute atomic E-state index is 0.342. The second-order valence-electron chi connectivity index (χ2n) is 5.33. The summed E-state index contributed by atoms with van der Waals surface area (Å²) in [4.78, 5) is 34.0. The van der Waals surface area contributed by atoms with Crippen LogP contribution in [0.4, 0.5) is 10.7 Å². The Morgan fingerprint density at radius 3 is 3.05 bits per heavy atom. The van der Waals surface area contributed by atoms with E-state index in [0.29, 0.717) is 22.5 Å². The quantitative estimate of drug-likeness (QED) is 0.843. The Morgan fingerprint density at radius 2 is 2.33 bits per heavy atom. The van der Waals surface area contributed by atoms with E-state index in [4.69, 9.17) is 0 Å². The highest BCUT2D eigenvalue weighted by atomic mass is 32.2. The Morgan fingerprint density at radius 1 is 1.48 bits per heavy atom. The van der Waals surface area contributed by atoms with Gasteiger partial charge in [-0.2, -0.15) is 0 Å². The van der Waals surface area contributed by atoms with Crippen molar-refractivity contribution >= 4 is 34.9 Å². The van der Waals surface area contributed by atoms with Gasteiger partial charge in [0.2, 0.25) is 5.95 Å². The molecule has 1 aromatic rings. The monoisotopic (exact) mass is 304 g/mol. The summed E-state index contributed by atoms with van der Waals surface area (Å²) in [5, 5.41) is 1.89. The third-order valence-corrected chi connectivity index (χ3v) is 4.34. The maximum absolute atomic E-state index is 11.5. The average Bonchev–Trinajstić information content (AvgIpc) is 2.77. The fourth-order valence-corrected chi connectivity index (χ4v) is 3.19. The van der Waals surface area contributed by atoms with E-state index in [2.05, 4.69) is 27.1 Å². The van der Waals surface area contributed by atoms with Gasteiger partial charge in [-0.15, -0.1) is 0 Å². The van der Waals surface area contributed by atoms with Gasteiger partial charge < -0.3 is 4.90 Å². The second kappa shape index (κ2) is 5.85. The molecule has 2 fully saturated rings. The first-order valence-electron chi connectivity index (χ1n) is 6.94. The zero-order valence-corrected chi connectivity index (χ0v) is 12.5. The molecule has 3 heterocycles. The van der Waals surface area contributed by atoms with Crippen LogP contribution in [0, 0.1) is 5.92 Å². The van der Waals surface area contributed by atoms with Gasteiger partial charge in [0.25, 0.3) is 11.1 Å². The lowest BCUT2D eigenvalue weighted by atomic mass is 10.0. The van der Waals surface area contributed by atoms with E-state index in [1.54, 1.807) is 18.3 Å². The van der Waals surface area contributed by atoms with Gasteiger partial charge in [0.05, 0.1) is 10.6 Å². The van der Waals surface area contributed by atoms with E-state index in [0.717, 1.165) is 31.3 Å². The molecule has 2 aliphatic rings. The minimum Gasteiger partial charge on any atom is -0.341 e. The lowest BCUT2D eigenvalue weighted by Gasteiger charge is -2.30. The molecule has 7 heteroatoms. The van der Waals surface area contributed by atoms with Gasteiger partial charge in [-0.25, -0.2) is 9.97 Å². The lowest BCUT2D eigenvalue weighted by Crippen LogP contribution is -2.35. The highest BCUT2D eigenvalue weighted by Crippen LogP contribution is 2.25. The summed E-state index contributed by atoms with van der Waals surface area (Å²) in [5.74, 6) is 0.959. The lowest BCUT2D eigenvalue weighted by molar-refractivity contribution is -0.115. The first-order valence-corrected chi connectivity index (χ1v) is 7.76. The van der Waals surface area contributed by atoms with E-state index in [-0.39, 0.29) is 11.1 Å².